The van der Waals surface area contributed by atoms with Crippen molar-refractivity contribution >= 4 is 17.5 Å². The van der Waals surface area contributed by atoms with Crippen LogP contribution in [0.4, 0.5) is 5.69 Å². The molecule has 0 saturated carbocycles. The third kappa shape index (κ3) is 2.66. The molecule has 6 heteroatoms. The molecule has 1 saturated heterocycles. The number of hydrogen-bond acceptors (Lipinski definition) is 4. The first-order chi connectivity index (χ1) is 10.2. The smallest absolute Gasteiger partial charge is 0.258 e. The molecule has 0 unspecified atom stereocenters. The number of ether oxygens (including phenoxy) is 1. The van der Waals surface area contributed by atoms with Gasteiger partial charge in [-0.25, -0.2) is 0 Å². The van der Waals surface area contributed by atoms with Crippen LogP contribution in [0.25, 0.3) is 0 Å². The normalized spacial score (nSPS) is 18.4. The molecule has 2 amide bonds. The number of rotatable bonds is 1. The van der Waals surface area contributed by atoms with Crippen molar-refractivity contribution in [3.8, 4) is 5.75 Å². The average molecular weight is 289 g/mol. The Bertz CT molecular complexity index is 573. The molecule has 6 nitrogen and oxygen atoms in total. The third-order valence-electron chi connectivity index (χ3n) is 3.87. The van der Waals surface area contributed by atoms with Gasteiger partial charge in [-0.2, -0.15) is 0 Å². The lowest BCUT2D eigenvalue weighted by Gasteiger charge is -2.25. The molecule has 2 aliphatic heterocycles. The van der Waals surface area contributed by atoms with Crippen molar-refractivity contribution in [2.45, 2.75) is 6.42 Å². The molecule has 2 heterocycles. The number of hydrogen-bond donors (Lipinski definition) is 1. The molecule has 3 rings (SSSR count). The van der Waals surface area contributed by atoms with Crippen molar-refractivity contribution in [3.05, 3.63) is 23.8 Å². The third-order valence-corrected chi connectivity index (χ3v) is 3.87. The molecule has 2 aliphatic rings. The summed E-state index contributed by atoms with van der Waals surface area (Å²) in [4.78, 5) is 27.9. The van der Waals surface area contributed by atoms with E-state index >= 15 is 0 Å². The van der Waals surface area contributed by atoms with Crippen molar-refractivity contribution < 1.29 is 14.3 Å². The van der Waals surface area contributed by atoms with Gasteiger partial charge in [0.25, 0.3) is 5.91 Å². The van der Waals surface area contributed by atoms with Gasteiger partial charge < -0.3 is 19.9 Å². The van der Waals surface area contributed by atoms with Gasteiger partial charge in [-0.15, -0.1) is 0 Å². The molecule has 0 bridgehead atoms. The first-order valence-corrected chi connectivity index (χ1v) is 7.20. The Balaban J connectivity index is 1.86. The van der Waals surface area contributed by atoms with Crippen LogP contribution in [0.1, 0.15) is 16.8 Å². The fourth-order valence-electron chi connectivity index (χ4n) is 2.67. The zero-order valence-electron chi connectivity index (χ0n) is 12.1. The zero-order valence-corrected chi connectivity index (χ0v) is 12.1. The summed E-state index contributed by atoms with van der Waals surface area (Å²) in [5.41, 5.74) is 1.36. The van der Waals surface area contributed by atoms with Gasteiger partial charge in [0.05, 0.1) is 11.3 Å². The van der Waals surface area contributed by atoms with E-state index in [-0.39, 0.29) is 18.4 Å². The minimum atomic E-state index is -0.140. The first-order valence-electron chi connectivity index (χ1n) is 7.20. The second kappa shape index (κ2) is 5.63. The number of carbonyl (C=O) groups excluding carboxylic acids is 2. The molecule has 0 aromatic heterocycles. The maximum atomic E-state index is 12.7. The van der Waals surface area contributed by atoms with Gasteiger partial charge in [0.2, 0.25) is 5.91 Å². The summed E-state index contributed by atoms with van der Waals surface area (Å²) in [6, 6.07) is 5.49. The van der Waals surface area contributed by atoms with Crippen LogP contribution >= 0.6 is 0 Å². The highest BCUT2D eigenvalue weighted by molar-refractivity contribution is 6.00. The van der Waals surface area contributed by atoms with Crippen molar-refractivity contribution in [3.63, 3.8) is 0 Å². The SMILES string of the molecule is CN1CCCN(C(=O)c2cccc3c2OCCN3)CC1=O. The number of likely N-dealkylation sites (N-methyl/N-ethyl adjacent to an activating group) is 1. The lowest BCUT2D eigenvalue weighted by Crippen LogP contribution is -2.38. The predicted octanol–water partition coefficient (Wildman–Crippen LogP) is 0.795. The van der Waals surface area contributed by atoms with Crippen LogP contribution in [-0.2, 0) is 4.79 Å². The summed E-state index contributed by atoms with van der Waals surface area (Å²) in [5.74, 6) is 0.433. The minimum absolute atomic E-state index is 0.0234. The molecule has 1 aromatic carbocycles. The van der Waals surface area contributed by atoms with E-state index in [0.29, 0.717) is 31.0 Å². The minimum Gasteiger partial charge on any atom is -0.489 e. The molecule has 0 spiro atoms. The van der Waals surface area contributed by atoms with E-state index in [1.807, 2.05) is 12.1 Å². The van der Waals surface area contributed by atoms with Gasteiger partial charge >= 0.3 is 0 Å². The van der Waals surface area contributed by atoms with Crippen LogP contribution in [0.15, 0.2) is 18.2 Å². The molecule has 0 aliphatic carbocycles. The summed E-state index contributed by atoms with van der Waals surface area (Å²) in [5, 5.41) is 3.22. The van der Waals surface area contributed by atoms with E-state index in [1.165, 1.54) is 0 Å². The number of carbonyl (C=O) groups is 2. The van der Waals surface area contributed by atoms with Crippen LogP contribution in [0.5, 0.6) is 5.75 Å². The van der Waals surface area contributed by atoms with Gasteiger partial charge in [0.15, 0.2) is 5.75 Å². The molecule has 0 radical (unpaired) electrons. The van der Waals surface area contributed by atoms with E-state index < -0.39 is 0 Å². The second-order valence-electron chi connectivity index (χ2n) is 5.35. The fraction of sp³-hybridized carbons (Fsp3) is 0.467. The summed E-state index contributed by atoms with van der Waals surface area (Å²) < 4.78 is 5.64. The lowest BCUT2D eigenvalue weighted by atomic mass is 10.1. The first kappa shape index (κ1) is 13.7. The summed E-state index contributed by atoms with van der Waals surface area (Å²) in [6.07, 6.45) is 0.794. The molecule has 1 aromatic rings. The molecule has 21 heavy (non-hydrogen) atoms. The Morgan fingerprint density at radius 3 is 3.05 bits per heavy atom. The van der Waals surface area contributed by atoms with Crippen LogP contribution in [0.3, 0.4) is 0 Å². The number of nitrogens with one attached hydrogen (secondary N) is 1. The highest BCUT2D eigenvalue weighted by atomic mass is 16.5. The van der Waals surface area contributed by atoms with Crippen molar-refractivity contribution in [1.29, 1.82) is 0 Å². The fourth-order valence-corrected chi connectivity index (χ4v) is 2.67. The Kier molecular flexibility index (Phi) is 3.68. The summed E-state index contributed by atoms with van der Waals surface area (Å²) in [7, 11) is 1.77. The van der Waals surface area contributed by atoms with Crippen LogP contribution < -0.4 is 10.1 Å². The Labute approximate surface area is 123 Å². The highest BCUT2D eigenvalue weighted by Crippen LogP contribution is 2.32. The van der Waals surface area contributed by atoms with Crippen molar-refractivity contribution in [1.82, 2.24) is 9.80 Å². The van der Waals surface area contributed by atoms with Crippen LogP contribution in [-0.4, -0.2) is 61.4 Å². The molecular weight excluding hydrogens is 270 g/mol. The van der Waals surface area contributed by atoms with E-state index in [4.69, 9.17) is 4.74 Å². The molecule has 1 fully saturated rings. The van der Waals surface area contributed by atoms with E-state index in [2.05, 4.69) is 5.32 Å². The monoisotopic (exact) mass is 289 g/mol. The number of amides is 2. The number of fused-ring (bicyclic) bond motifs is 1. The summed E-state index contributed by atoms with van der Waals surface area (Å²) in [6.45, 7) is 2.68. The maximum Gasteiger partial charge on any atom is 0.258 e. The molecule has 112 valence electrons. The van der Waals surface area contributed by atoms with E-state index in [1.54, 1.807) is 22.9 Å². The van der Waals surface area contributed by atoms with Crippen molar-refractivity contribution in [2.75, 3.05) is 45.2 Å². The van der Waals surface area contributed by atoms with Gasteiger partial charge in [-0.05, 0) is 18.6 Å². The quantitative estimate of drug-likeness (QED) is 0.830. The van der Waals surface area contributed by atoms with Crippen molar-refractivity contribution in [2.24, 2.45) is 0 Å². The van der Waals surface area contributed by atoms with E-state index in [0.717, 1.165) is 18.7 Å². The van der Waals surface area contributed by atoms with Gasteiger partial charge in [-0.3, -0.25) is 9.59 Å². The van der Waals surface area contributed by atoms with Crippen LogP contribution in [0.2, 0.25) is 0 Å². The highest BCUT2D eigenvalue weighted by Gasteiger charge is 2.27. The molecular formula is C15H19N3O3. The largest absolute Gasteiger partial charge is 0.489 e. The zero-order chi connectivity index (χ0) is 14.8. The van der Waals surface area contributed by atoms with Gasteiger partial charge in [-0.1, -0.05) is 6.07 Å². The van der Waals surface area contributed by atoms with Gasteiger partial charge in [0, 0.05) is 26.7 Å². The standard InChI is InChI=1S/C15H19N3O3/c1-17-7-3-8-18(10-13(17)19)15(20)11-4-2-5-12-14(11)21-9-6-16-12/h2,4-5,16H,3,6-10H2,1H3. The molecule has 0 atom stereocenters. The van der Waals surface area contributed by atoms with E-state index in [9.17, 15) is 9.59 Å². The number of nitrogens with zero attached hydrogens (tertiary/aromatic N) is 2. The Morgan fingerprint density at radius 2 is 2.19 bits per heavy atom. The second-order valence-corrected chi connectivity index (χ2v) is 5.35. The Morgan fingerprint density at radius 1 is 1.33 bits per heavy atom. The maximum absolute atomic E-state index is 12.7. The lowest BCUT2D eigenvalue weighted by molar-refractivity contribution is -0.129. The van der Waals surface area contributed by atoms with Crippen LogP contribution in [0, 0.1) is 0 Å². The van der Waals surface area contributed by atoms with Gasteiger partial charge in [0.1, 0.15) is 13.2 Å². The number of benzene rings is 1. The predicted molar refractivity (Wildman–Crippen MR) is 78.6 cm³/mol. The topological polar surface area (TPSA) is 61.9 Å². The number of para-hydroxylation sites is 1. The number of anilines is 1. The Hall–Kier alpha value is -2.24. The summed E-state index contributed by atoms with van der Waals surface area (Å²) >= 11 is 0. The average Bonchev–Trinajstić information content (AvgIpc) is 2.68. The molecule has 1 N–H and O–H groups in total.